The average Bonchev–Trinajstić information content (AvgIpc) is 2.55. The second-order valence-electron chi connectivity index (χ2n) is 4.70. The Hall–Kier alpha value is -0.430. The first-order valence-corrected chi connectivity index (χ1v) is 8.42. The third-order valence-electron chi connectivity index (χ3n) is 3.38. The average molecular weight is 289 g/mol. The number of aliphatic hydroxyl groups excluding tert-OH is 1. The van der Waals surface area contributed by atoms with Gasteiger partial charge in [0.1, 0.15) is 0 Å². The second kappa shape index (κ2) is 5.28. The molecule has 6 heteroatoms. The summed E-state index contributed by atoms with van der Waals surface area (Å²) in [6.45, 7) is 3.82. The first kappa shape index (κ1) is 14.0. The summed E-state index contributed by atoms with van der Waals surface area (Å²) in [5.74, 6) is 0. The van der Waals surface area contributed by atoms with Gasteiger partial charge in [-0.25, -0.2) is 8.42 Å². The molecule has 1 aromatic heterocycles. The highest BCUT2D eigenvalue weighted by Gasteiger charge is 2.35. The Bertz CT molecular complexity index is 517. The van der Waals surface area contributed by atoms with Gasteiger partial charge in [-0.05, 0) is 32.8 Å². The highest BCUT2D eigenvalue weighted by atomic mass is 32.2. The maximum Gasteiger partial charge on any atom is 0.244 e. The van der Waals surface area contributed by atoms with E-state index in [2.05, 4.69) is 0 Å². The van der Waals surface area contributed by atoms with Crippen LogP contribution in [0.25, 0.3) is 0 Å². The maximum absolute atomic E-state index is 12.6. The molecule has 0 radical (unpaired) electrons. The molecule has 0 aliphatic heterocycles. The van der Waals surface area contributed by atoms with Gasteiger partial charge in [-0.1, -0.05) is 6.42 Å². The van der Waals surface area contributed by atoms with Crippen molar-refractivity contribution in [3.63, 3.8) is 0 Å². The summed E-state index contributed by atoms with van der Waals surface area (Å²) < 4.78 is 26.7. The molecule has 1 aliphatic rings. The molecular weight excluding hydrogens is 270 g/mol. The summed E-state index contributed by atoms with van der Waals surface area (Å²) in [5, 5.41) is 9.09. The molecule has 18 heavy (non-hydrogen) atoms. The molecule has 1 aromatic rings. The molecule has 0 bridgehead atoms. The fourth-order valence-electron chi connectivity index (χ4n) is 2.26. The van der Waals surface area contributed by atoms with Crippen molar-refractivity contribution in [2.45, 2.75) is 44.0 Å². The lowest BCUT2D eigenvalue weighted by atomic mass is 9.93. The van der Waals surface area contributed by atoms with Gasteiger partial charge in [0.2, 0.25) is 10.0 Å². The Labute approximate surface area is 112 Å². The van der Waals surface area contributed by atoms with E-state index >= 15 is 0 Å². The molecule has 0 atom stereocenters. The van der Waals surface area contributed by atoms with E-state index in [-0.39, 0.29) is 19.2 Å². The summed E-state index contributed by atoms with van der Waals surface area (Å²) in [5.41, 5.74) is 0. The van der Waals surface area contributed by atoms with E-state index in [1.165, 1.54) is 15.6 Å². The first-order valence-electron chi connectivity index (χ1n) is 6.16. The van der Waals surface area contributed by atoms with E-state index in [0.29, 0.717) is 4.90 Å². The molecule has 1 N–H and O–H groups in total. The lowest BCUT2D eigenvalue weighted by Crippen LogP contribution is -2.45. The maximum atomic E-state index is 12.6. The summed E-state index contributed by atoms with van der Waals surface area (Å²) in [6.07, 6.45) is 2.88. The van der Waals surface area contributed by atoms with Crippen LogP contribution in [0.2, 0.25) is 0 Å². The molecule has 1 fully saturated rings. The van der Waals surface area contributed by atoms with Crippen LogP contribution in [-0.2, 0) is 10.0 Å². The second-order valence-corrected chi connectivity index (χ2v) is 8.02. The number of thiophene rings is 1. The topological polar surface area (TPSA) is 57.6 Å². The fraction of sp³-hybridized carbons (Fsp3) is 0.667. The van der Waals surface area contributed by atoms with Crippen LogP contribution in [0.1, 0.15) is 29.0 Å². The predicted octanol–water partition coefficient (Wildman–Crippen LogP) is 1.90. The van der Waals surface area contributed by atoms with E-state index in [0.717, 1.165) is 29.0 Å². The fourth-order valence-corrected chi connectivity index (χ4v) is 5.46. The Kier molecular flexibility index (Phi) is 4.11. The molecule has 4 nitrogen and oxygen atoms in total. The zero-order valence-corrected chi connectivity index (χ0v) is 12.4. The third kappa shape index (κ3) is 2.47. The molecular formula is C12H19NO3S2. The molecule has 0 aromatic carbocycles. The molecule has 1 heterocycles. The van der Waals surface area contributed by atoms with Crippen LogP contribution in [0, 0.1) is 13.8 Å². The van der Waals surface area contributed by atoms with Gasteiger partial charge < -0.3 is 5.11 Å². The monoisotopic (exact) mass is 289 g/mol. The van der Waals surface area contributed by atoms with Crippen molar-refractivity contribution < 1.29 is 13.5 Å². The van der Waals surface area contributed by atoms with Crippen LogP contribution >= 0.6 is 11.3 Å². The number of hydrogen-bond donors (Lipinski definition) is 1. The van der Waals surface area contributed by atoms with Gasteiger partial charge in [-0.15, -0.1) is 11.3 Å². The van der Waals surface area contributed by atoms with Gasteiger partial charge in [0.05, 0.1) is 11.5 Å². The van der Waals surface area contributed by atoms with Gasteiger partial charge >= 0.3 is 0 Å². The van der Waals surface area contributed by atoms with Crippen molar-refractivity contribution in [2.24, 2.45) is 0 Å². The van der Waals surface area contributed by atoms with Crippen LogP contribution < -0.4 is 0 Å². The molecule has 1 aliphatic carbocycles. The van der Waals surface area contributed by atoms with Crippen molar-refractivity contribution in [3.8, 4) is 0 Å². The molecule has 102 valence electrons. The normalized spacial score (nSPS) is 17.1. The first-order chi connectivity index (χ1) is 8.46. The molecule has 0 saturated heterocycles. The Morgan fingerprint density at radius 1 is 1.44 bits per heavy atom. The number of nitrogens with zero attached hydrogens (tertiary/aromatic N) is 1. The molecule has 0 unspecified atom stereocenters. The summed E-state index contributed by atoms with van der Waals surface area (Å²) in [4.78, 5) is 2.24. The number of aliphatic hydroxyl groups is 1. The van der Waals surface area contributed by atoms with Gasteiger partial charge in [-0.3, -0.25) is 0 Å². The largest absolute Gasteiger partial charge is 0.395 e. The summed E-state index contributed by atoms with van der Waals surface area (Å²) >= 11 is 1.50. The number of hydrogen-bond acceptors (Lipinski definition) is 4. The van der Waals surface area contributed by atoms with E-state index in [1.807, 2.05) is 13.8 Å². The zero-order valence-electron chi connectivity index (χ0n) is 10.7. The smallest absolute Gasteiger partial charge is 0.244 e. The van der Waals surface area contributed by atoms with Gasteiger partial charge in [0.25, 0.3) is 0 Å². The quantitative estimate of drug-likeness (QED) is 0.900. The van der Waals surface area contributed by atoms with Crippen molar-refractivity contribution in [1.82, 2.24) is 4.31 Å². The van der Waals surface area contributed by atoms with Crippen molar-refractivity contribution >= 4 is 21.4 Å². The molecule has 0 spiro atoms. The minimum Gasteiger partial charge on any atom is -0.395 e. The number of rotatable bonds is 5. The van der Waals surface area contributed by atoms with E-state index in [9.17, 15) is 8.42 Å². The van der Waals surface area contributed by atoms with E-state index in [4.69, 9.17) is 5.11 Å². The van der Waals surface area contributed by atoms with Crippen LogP contribution in [0.4, 0.5) is 0 Å². The number of aryl methyl sites for hydroxylation is 2. The van der Waals surface area contributed by atoms with Gasteiger partial charge in [-0.2, -0.15) is 4.31 Å². The number of sulfonamides is 1. The Morgan fingerprint density at radius 2 is 2.11 bits per heavy atom. The Balaban J connectivity index is 2.35. The SMILES string of the molecule is Cc1cc(S(=O)(=O)N(CCO)C2CCC2)c(C)s1. The minimum atomic E-state index is -3.45. The highest BCUT2D eigenvalue weighted by molar-refractivity contribution is 7.89. The molecule has 1 saturated carbocycles. The van der Waals surface area contributed by atoms with Crippen LogP contribution in [-0.4, -0.2) is 37.0 Å². The Morgan fingerprint density at radius 3 is 2.50 bits per heavy atom. The standard InChI is InChI=1S/C12H19NO3S2/c1-9-8-12(10(2)17-9)18(15,16)13(6-7-14)11-4-3-5-11/h8,11,14H,3-7H2,1-2H3. The van der Waals surface area contributed by atoms with Crippen molar-refractivity contribution in [1.29, 1.82) is 0 Å². The lowest BCUT2D eigenvalue weighted by Gasteiger charge is -2.36. The minimum absolute atomic E-state index is 0.0711. The highest BCUT2D eigenvalue weighted by Crippen LogP contribution is 2.33. The van der Waals surface area contributed by atoms with Gasteiger partial charge in [0, 0.05) is 22.3 Å². The third-order valence-corrected chi connectivity index (χ3v) is 6.56. The van der Waals surface area contributed by atoms with Gasteiger partial charge in [0.15, 0.2) is 0 Å². The van der Waals surface area contributed by atoms with Crippen LogP contribution in [0.15, 0.2) is 11.0 Å². The summed E-state index contributed by atoms with van der Waals surface area (Å²) in [6, 6.07) is 1.81. The molecule has 0 amide bonds. The predicted molar refractivity (Wildman–Crippen MR) is 72.4 cm³/mol. The van der Waals surface area contributed by atoms with Crippen molar-refractivity contribution in [2.75, 3.05) is 13.2 Å². The van der Waals surface area contributed by atoms with E-state index in [1.54, 1.807) is 6.07 Å². The van der Waals surface area contributed by atoms with Crippen molar-refractivity contribution in [3.05, 3.63) is 15.8 Å². The summed E-state index contributed by atoms with van der Waals surface area (Å²) in [7, 11) is -3.45. The van der Waals surface area contributed by atoms with E-state index < -0.39 is 10.0 Å². The lowest BCUT2D eigenvalue weighted by molar-refractivity contribution is 0.178. The van der Waals surface area contributed by atoms with Crippen LogP contribution in [0.3, 0.4) is 0 Å². The van der Waals surface area contributed by atoms with Crippen LogP contribution in [0.5, 0.6) is 0 Å². The zero-order chi connectivity index (χ0) is 13.3. The molecule has 2 rings (SSSR count).